The lowest BCUT2D eigenvalue weighted by Crippen LogP contribution is -2.45. The van der Waals surface area contributed by atoms with Crippen molar-refractivity contribution >= 4 is 11.8 Å². The third kappa shape index (κ3) is 7.37. The predicted molar refractivity (Wildman–Crippen MR) is 123 cm³/mol. The Hall–Kier alpha value is -3.30. The topological polar surface area (TPSA) is 98.4 Å². The highest BCUT2D eigenvalue weighted by molar-refractivity contribution is 5.85. The number of morpholine rings is 1. The summed E-state index contributed by atoms with van der Waals surface area (Å²) in [5.74, 6) is 1.23. The predicted octanol–water partition coefficient (Wildman–Crippen LogP) is 1.39. The van der Waals surface area contributed by atoms with Crippen molar-refractivity contribution in [1.29, 1.82) is 0 Å². The van der Waals surface area contributed by atoms with Crippen molar-refractivity contribution in [3.05, 3.63) is 54.1 Å². The minimum absolute atomic E-state index is 0.0743. The number of amides is 2. The van der Waals surface area contributed by atoms with Crippen molar-refractivity contribution in [3.63, 3.8) is 0 Å². The van der Waals surface area contributed by atoms with Crippen molar-refractivity contribution in [2.45, 2.75) is 6.04 Å². The van der Waals surface area contributed by atoms with Crippen LogP contribution in [0.1, 0.15) is 11.6 Å². The zero-order chi connectivity index (χ0) is 23.5. The molecule has 2 aromatic rings. The molecule has 9 nitrogen and oxygen atoms in total. The maximum absolute atomic E-state index is 12.4. The van der Waals surface area contributed by atoms with Gasteiger partial charge >= 0.3 is 0 Å². The molecule has 2 aromatic carbocycles. The first-order valence-electron chi connectivity index (χ1n) is 10.9. The van der Waals surface area contributed by atoms with E-state index in [-0.39, 0.29) is 31.0 Å². The third-order valence-corrected chi connectivity index (χ3v) is 5.33. The fourth-order valence-electron chi connectivity index (χ4n) is 3.58. The van der Waals surface area contributed by atoms with Crippen LogP contribution in [0.15, 0.2) is 48.5 Å². The van der Waals surface area contributed by atoms with Crippen LogP contribution >= 0.6 is 0 Å². The number of carbonyl (C=O) groups is 2. The van der Waals surface area contributed by atoms with E-state index < -0.39 is 0 Å². The summed E-state index contributed by atoms with van der Waals surface area (Å²) < 4.78 is 21.7. The van der Waals surface area contributed by atoms with Gasteiger partial charge < -0.3 is 29.6 Å². The zero-order valence-corrected chi connectivity index (χ0v) is 19.0. The van der Waals surface area contributed by atoms with Gasteiger partial charge in [0.25, 0.3) is 5.91 Å². The quantitative estimate of drug-likeness (QED) is 0.526. The van der Waals surface area contributed by atoms with Gasteiger partial charge in [0.2, 0.25) is 5.91 Å². The van der Waals surface area contributed by atoms with Gasteiger partial charge in [-0.15, -0.1) is 0 Å². The number of para-hydroxylation sites is 1. The molecule has 1 heterocycles. The van der Waals surface area contributed by atoms with Gasteiger partial charge in [-0.3, -0.25) is 14.5 Å². The Bertz CT molecular complexity index is 902. The number of hydrogen-bond acceptors (Lipinski definition) is 7. The largest absolute Gasteiger partial charge is 0.493 e. The molecular weight excluding hydrogens is 426 g/mol. The first-order chi connectivity index (χ1) is 16.1. The Balaban J connectivity index is 1.54. The van der Waals surface area contributed by atoms with Crippen molar-refractivity contribution in [2.24, 2.45) is 0 Å². The summed E-state index contributed by atoms with van der Waals surface area (Å²) >= 11 is 0. The molecule has 1 aliphatic rings. The number of benzene rings is 2. The lowest BCUT2D eigenvalue weighted by atomic mass is 10.0. The van der Waals surface area contributed by atoms with E-state index >= 15 is 0 Å². The summed E-state index contributed by atoms with van der Waals surface area (Å²) in [5.41, 5.74) is 0.996. The molecule has 1 unspecified atom stereocenters. The van der Waals surface area contributed by atoms with Gasteiger partial charge in [0.15, 0.2) is 18.1 Å². The molecule has 0 bridgehead atoms. The molecule has 1 saturated heterocycles. The minimum Gasteiger partial charge on any atom is -0.493 e. The van der Waals surface area contributed by atoms with E-state index in [4.69, 9.17) is 18.9 Å². The van der Waals surface area contributed by atoms with Crippen LogP contribution in [0.3, 0.4) is 0 Å². The van der Waals surface area contributed by atoms with Crippen LogP contribution in [0.2, 0.25) is 0 Å². The molecule has 33 heavy (non-hydrogen) atoms. The molecule has 1 fully saturated rings. The molecule has 0 aromatic heterocycles. The van der Waals surface area contributed by atoms with Crippen LogP contribution in [-0.4, -0.2) is 76.9 Å². The standard InChI is InChI=1S/C24H31N3O6/c1-30-21-9-8-18(14-22(21)31-2)20(27-10-12-32-13-11-27)15-25-23(28)16-26-24(29)17-33-19-6-4-3-5-7-19/h3-9,14,20H,10-13,15-17H2,1-2H3,(H,25,28)(H,26,29). The smallest absolute Gasteiger partial charge is 0.258 e. The molecule has 178 valence electrons. The molecule has 1 aliphatic heterocycles. The molecule has 0 saturated carbocycles. The molecule has 0 spiro atoms. The van der Waals surface area contributed by atoms with Gasteiger partial charge in [-0.05, 0) is 29.8 Å². The SMILES string of the molecule is COc1ccc(C(CNC(=O)CNC(=O)COc2ccccc2)N2CCOCC2)cc1OC. The van der Waals surface area contributed by atoms with Crippen LogP contribution in [0.4, 0.5) is 0 Å². The van der Waals surface area contributed by atoms with Gasteiger partial charge in [0.05, 0.1) is 40.0 Å². The number of methoxy groups -OCH3 is 2. The molecule has 3 rings (SSSR count). The highest BCUT2D eigenvalue weighted by Gasteiger charge is 2.24. The number of rotatable bonds is 11. The molecule has 0 radical (unpaired) electrons. The Kier molecular flexibility index (Phi) is 9.34. The highest BCUT2D eigenvalue weighted by atomic mass is 16.5. The molecule has 2 N–H and O–H groups in total. The fraction of sp³-hybridized carbons (Fsp3) is 0.417. The van der Waals surface area contributed by atoms with E-state index in [1.807, 2.05) is 36.4 Å². The van der Waals surface area contributed by atoms with Crippen LogP contribution < -0.4 is 24.8 Å². The molecule has 9 heteroatoms. The second-order valence-corrected chi connectivity index (χ2v) is 7.46. The van der Waals surface area contributed by atoms with Crippen molar-refractivity contribution < 1.29 is 28.5 Å². The second-order valence-electron chi connectivity index (χ2n) is 7.46. The number of nitrogens with zero attached hydrogens (tertiary/aromatic N) is 1. The summed E-state index contributed by atoms with van der Waals surface area (Å²) in [6, 6.07) is 14.7. The molecule has 2 amide bonds. The second kappa shape index (κ2) is 12.7. The highest BCUT2D eigenvalue weighted by Crippen LogP contribution is 2.32. The Labute approximate surface area is 193 Å². The first kappa shape index (κ1) is 24.3. The number of carbonyl (C=O) groups excluding carboxylic acids is 2. The lowest BCUT2D eigenvalue weighted by molar-refractivity contribution is -0.127. The Morgan fingerprint density at radius 3 is 2.39 bits per heavy atom. The van der Waals surface area contributed by atoms with Crippen LogP contribution in [0, 0.1) is 0 Å². The minimum atomic E-state index is -0.362. The van der Waals surface area contributed by atoms with Gasteiger partial charge in [0, 0.05) is 19.6 Å². The summed E-state index contributed by atoms with van der Waals surface area (Å²) in [4.78, 5) is 26.7. The summed E-state index contributed by atoms with van der Waals surface area (Å²) in [5, 5.41) is 5.51. The van der Waals surface area contributed by atoms with Crippen molar-refractivity contribution in [2.75, 3.05) is 60.2 Å². The molecule has 1 atom stereocenters. The van der Waals surface area contributed by atoms with E-state index in [0.717, 1.165) is 18.7 Å². The number of ether oxygens (including phenoxy) is 4. The first-order valence-corrected chi connectivity index (χ1v) is 10.9. The monoisotopic (exact) mass is 457 g/mol. The lowest BCUT2D eigenvalue weighted by Gasteiger charge is -2.35. The van der Waals surface area contributed by atoms with E-state index in [2.05, 4.69) is 15.5 Å². The Morgan fingerprint density at radius 1 is 0.970 bits per heavy atom. The van der Waals surface area contributed by atoms with E-state index in [9.17, 15) is 9.59 Å². The van der Waals surface area contributed by atoms with E-state index in [1.54, 1.807) is 26.4 Å². The maximum atomic E-state index is 12.4. The van der Waals surface area contributed by atoms with Crippen LogP contribution in [0.5, 0.6) is 17.2 Å². The van der Waals surface area contributed by atoms with Gasteiger partial charge in [-0.1, -0.05) is 24.3 Å². The zero-order valence-electron chi connectivity index (χ0n) is 19.0. The number of nitrogens with one attached hydrogen (secondary N) is 2. The fourth-order valence-corrected chi connectivity index (χ4v) is 3.58. The number of hydrogen-bond donors (Lipinski definition) is 2. The van der Waals surface area contributed by atoms with Gasteiger partial charge in [0.1, 0.15) is 5.75 Å². The third-order valence-electron chi connectivity index (χ3n) is 5.33. The van der Waals surface area contributed by atoms with Crippen LogP contribution in [0.25, 0.3) is 0 Å². The average molecular weight is 458 g/mol. The molecule has 0 aliphatic carbocycles. The maximum Gasteiger partial charge on any atom is 0.258 e. The summed E-state index contributed by atoms with van der Waals surface area (Å²) in [6.45, 7) is 2.87. The van der Waals surface area contributed by atoms with Crippen molar-refractivity contribution in [1.82, 2.24) is 15.5 Å². The van der Waals surface area contributed by atoms with Crippen LogP contribution in [-0.2, 0) is 14.3 Å². The molecular formula is C24H31N3O6. The summed E-state index contributed by atoms with van der Waals surface area (Å²) in [7, 11) is 3.19. The van der Waals surface area contributed by atoms with Crippen molar-refractivity contribution in [3.8, 4) is 17.2 Å². The van der Waals surface area contributed by atoms with Gasteiger partial charge in [-0.25, -0.2) is 0 Å². The van der Waals surface area contributed by atoms with E-state index in [1.165, 1.54) is 0 Å². The average Bonchev–Trinajstić information content (AvgIpc) is 2.87. The van der Waals surface area contributed by atoms with Gasteiger partial charge in [-0.2, -0.15) is 0 Å². The summed E-state index contributed by atoms with van der Waals surface area (Å²) in [6.07, 6.45) is 0. The van der Waals surface area contributed by atoms with E-state index in [0.29, 0.717) is 37.0 Å². The normalized spacial score (nSPS) is 14.7. The Morgan fingerprint density at radius 2 is 1.70 bits per heavy atom.